The van der Waals surface area contributed by atoms with E-state index in [1.165, 1.54) is 6.42 Å². The quantitative estimate of drug-likeness (QED) is 0.521. The molecule has 56 valence electrons. The van der Waals surface area contributed by atoms with Gasteiger partial charge in [-0.05, 0) is 25.2 Å². The minimum absolute atomic E-state index is 0.314. The van der Waals surface area contributed by atoms with E-state index in [2.05, 4.69) is 19.2 Å². The molecule has 2 heteroatoms. The number of piperidine rings is 1. The van der Waals surface area contributed by atoms with Crippen molar-refractivity contribution in [3.05, 3.63) is 0 Å². The van der Waals surface area contributed by atoms with E-state index in [4.69, 9.17) is 5.41 Å². The summed E-state index contributed by atoms with van der Waals surface area (Å²) < 4.78 is 0. The standard InChI is InChI=1S/C8H14N2/c1-5-3-7(9)10-8(2)4-6(5)8/h5-6H,3-4H2,1-2H3,(H2,9,10)/t5-,6-,8+/m1/s1. The first-order valence-electron chi connectivity index (χ1n) is 3.97. The van der Waals surface area contributed by atoms with Gasteiger partial charge in [0.25, 0.3) is 0 Å². The van der Waals surface area contributed by atoms with Crippen molar-refractivity contribution >= 4 is 5.84 Å². The summed E-state index contributed by atoms with van der Waals surface area (Å²) in [7, 11) is 0. The Morgan fingerprint density at radius 3 is 3.00 bits per heavy atom. The Bertz CT molecular complexity index is 188. The maximum Gasteiger partial charge on any atom is 0.0938 e. The lowest BCUT2D eigenvalue weighted by molar-refractivity contribution is 0.413. The highest BCUT2D eigenvalue weighted by molar-refractivity contribution is 5.81. The molecule has 2 fully saturated rings. The van der Waals surface area contributed by atoms with Gasteiger partial charge < -0.3 is 5.32 Å². The second-order valence-corrected chi connectivity index (χ2v) is 4.01. The highest BCUT2D eigenvalue weighted by Gasteiger charge is 2.55. The van der Waals surface area contributed by atoms with E-state index < -0.39 is 0 Å². The third-order valence-electron chi connectivity index (χ3n) is 2.95. The van der Waals surface area contributed by atoms with Crippen LogP contribution in [0.1, 0.15) is 26.7 Å². The van der Waals surface area contributed by atoms with Gasteiger partial charge in [0.15, 0.2) is 0 Å². The molecule has 0 aromatic rings. The van der Waals surface area contributed by atoms with Crippen LogP contribution in [0.25, 0.3) is 0 Å². The fourth-order valence-electron chi connectivity index (χ4n) is 2.23. The Labute approximate surface area is 61.5 Å². The van der Waals surface area contributed by atoms with Gasteiger partial charge in [0.05, 0.1) is 5.84 Å². The average molecular weight is 138 g/mol. The monoisotopic (exact) mass is 138 g/mol. The number of rotatable bonds is 0. The lowest BCUT2D eigenvalue weighted by Gasteiger charge is -2.25. The molecule has 0 aromatic carbocycles. The number of amidine groups is 1. The molecule has 2 nitrogen and oxygen atoms in total. The van der Waals surface area contributed by atoms with Crippen LogP contribution in [0.5, 0.6) is 0 Å². The van der Waals surface area contributed by atoms with Gasteiger partial charge >= 0.3 is 0 Å². The smallest absolute Gasteiger partial charge is 0.0938 e. The molecule has 2 aliphatic rings. The van der Waals surface area contributed by atoms with E-state index in [9.17, 15) is 0 Å². The minimum atomic E-state index is 0.314. The molecule has 1 saturated heterocycles. The molecule has 2 rings (SSSR count). The highest BCUT2D eigenvalue weighted by atomic mass is 15.1. The third kappa shape index (κ3) is 0.678. The molecular formula is C8H14N2. The summed E-state index contributed by atoms with van der Waals surface area (Å²) in [5.41, 5.74) is 0.314. The normalized spacial score (nSPS) is 51.6. The van der Waals surface area contributed by atoms with Crippen LogP contribution in [-0.2, 0) is 0 Å². The number of hydrogen-bond acceptors (Lipinski definition) is 1. The maximum atomic E-state index is 7.49. The van der Waals surface area contributed by atoms with E-state index in [1.54, 1.807) is 0 Å². The van der Waals surface area contributed by atoms with Crippen LogP contribution in [0.3, 0.4) is 0 Å². The van der Waals surface area contributed by atoms with Crippen LogP contribution >= 0.6 is 0 Å². The maximum absolute atomic E-state index is 7.49. The molecule has 0 spiro atoms. The van der Waals surface area contributed by atoms with Gasteiger partial charge in [-0.3, -0.25) is 5.41 Å². The van der Waals surface area contributed by atoms with Gasteiger partial charge in [-0.2, -0.15) is 0 Å². The summed E-state index contributed by atoms with van der Waals surface area (Å²) in [4.78, 5) is 0. The van der Waals surface area contributed by atoms with Crippen molar-refractivity contribution in [1.82, 2.24) is 5.32 Å². The number of fused-ring (bicyclic) bond motifs is 1. The molecule has 1 aliphatic carbocycles. The second-order valence-electron chi connectivity index (χ2n) is 4.01. The summed E-state index contributed by atoms with van der Waals surface area (Å²) in [6.45, 7) is 4.48. The van der Waals surface area contributed by atoms with Crippen LogP contribution < -0.4 is 5.32 Å². The molecular weight excluding hydrogens is 124 g/mol. The summed E-state index contributed by atoms with van der Waals surface area (Å²) in [5.74, 6) is 2.32. The topological polar surface area (TPSA) is 35.9 Å². The van der Waals surface area contributed by atoms with Crippen molar-refractivity contribution in [3.63, 3.8) is 0 Å². The van der Waals surface area contributed by atoms with Gasteiger partial charge in [-0.15, -0.1) is 0 Å². The van der Waals surface area contributed by atoms with Crippen molar-refractivity contribution in [2.45, 2.75) is 32.2 Å². The molecule has 3 atom stereocenters. The molecule has 2 N–H and O–H groups in total. The van der Waals surface area contributed by atoms with Gasteiger partial charge in [0.2, 0.25) is 0 Å². The Kier molecular flexibility index (Phi) is 0.960. The summed E-state index contributed by atoms with van der Waals surface area (Å²) in [6.07, 6.45) is 2.23. The van der Waals surface area contributed by atoms with Gasteiger partial charge in [0.1, 0.15) is 0 Å². The Hall–Kier alpha value is -0.530. The molecule has 0 aromatic heterocycles. The second kappa shape index (κ2) is 1.55. The third-order valence-corrected chi connectivity index (χ3v) is 2.95. The van der Waals surface area contributed by atoms with Crippen molar-refractivity contribution in [2.75, 3.05) is 0 Å². The average Bonchev–Trinajstić information content (AvgIpc) is 2.39. The molecule has 0 amide bonds. The van der Waals surface area contributed by atoms with E-state index in [1.807, 2.05) is 0 Å². The Morgan fingerprint density at radius 1 is 1.70 bits per heavy atom. The SMILES string of the molecule is C[C@@H]1CC(=N)N[C@@]2(C)C[C@H]12. The largest absolute Gasteiger partial charge is 0.369 e. The van der Waals surface area contributed by atoms with Crippen LogP contribution in [0.2, 0.25) is 0 Å². The highest BCUT2D eigenvalue weighted by Crippen LogP contribution is 2.51. The van der Waals surface area contributed by atoms with E-state index >= 15 is 0 Å². The lowest BCUT2D eigenvalue weighted by Crippen LogP contribution is -2.41. The van der Waals surface area contributed by atoms with Gasteiger partial charge in [0, 0.05) is 12.0 Å². The van der Waals surface area contributed by atoms with E-state index in [0.29, 0.717) is 5.54 Å². The van der Waals surface area contributed by atoms with Crippen molar-refractivity contribution in [2.24, 2.45) is 11.8 Å². The molecule has 0 bridgehead atoms. The molecule has 1 saturated carbocycles. The summed E-state index contributed by atoms with van der Waals surface area (Å²) >= 11 is 0. The first-order valence-corrected chi connectivity index (χ1v) is 3.97. The molecule has 0 radical (unpaired) electrons. The first-order chi connectivity index (χ1) is 4.62. The Balaban J connectivity index is 2.15. The summed E-state index contributed by atoms with van der Waals surface area (Å²) in [5, 5.41) is 10.7. The van der Waals surface area contributed by atoms with Crippen LogP contribution in [-0.4, -0.2) is 11.4 Å². The van der Waals surface area contributed by atoms with Gasteiger partial charge in [-0.1, -0.05) is 6.92 Å². The molecule has 1 heterocycles. The van der Waals surface area contributed by atoms with Crippen molar-refractivity contribution in [3.8, 4) is 0 Å². The zero-order valence-electron chi connectivity index (χ0n) is 6.57. The zero-order chi connectivity index (χ0) is 7.35. The number of nitrogens with one attached hydrogen (secondary N) is 2. The van der Waals surface area contributed by atoms with E-state index in [-0.39, 0.29) is 0 Å². The zero-order valence-corrected chi connectivity index (χ0v) is 6.57. The molecule has 0 unspecified atom stereocenters. The first kappa shape index (κ1) is 6.20. The lowest BCUT2D eigenvalue weighted by atomic mass is 9.94. The van der Waals surface area contributed by atoms with Gasteiger partial charge in [-0.25, -0.2) is 0 Å². The van der Waals surface area contributed by atoms with Crippen LogP contribution in [0.4, 0.5) is 0 Å². The fourth-order valence-corrected chi connectivity index (χ4v) is 2.23. The summed E-state index contributed by atoms with van der Waals surface area (Å²) in [6, 6.07) is 0. The van der Waals surface area contributed by atoms with Crippen molar-refractivity contribution < 1.29 is 0 Å². The van der Waals surface area contributed by atoms with Crippen LogP contribution in [0.15, 0.2) is 0 Å². The fraction of sp³-hybridized carbons (Fsp3) is 0.875. The van der Waals surface area contributed by atoms with Crippen molar-refractivity contribution in [1.29, 1.82) is 5.41 Å². The minimum Gasteiger partial charge on any atom is -0.369 e. The molecule has 1 aliphatic heterocycles. The predicted molar refractivity (Wildman–Crippen MR) is 41.2 cm³/mol. The predicted octanol–water partition coefficient (Wildman–Crippen LogP) is 1.37. The number of hydrogen-bond donors (Lipinski definition) is 2. The Morgan fingerprint density at radius 2 is 2.40 bits per heavy atom. The van der Waals surface area contributed by atoms with Crippen LogP contribution in [0, 0.1) is 17.2 Å². The molecule has 10 heavy (non-hydrogen) atoms. The van der Waals surface area contributed by atoms with E-state index in [0.717, 1.165) is 24.1 Å².